The molecule has 0 fully saturated rings. The Bertz CT molecular complexity index is 234. The van der Waals surface area contributed by atoms with Gasteiger partial charge in [0.15, 0.2) is 0 Å². The van der Waals surface area contributed by atoms with Gasteiger partial charge in [-0.15, -0.1) is 0 Å². The SMILES string of the molecule is CCCC/C=C/CCCCCCCC/C=C/CCOOC. The molecule has 0 aliphatic heterocycles. The summed E-state index contributed by atoms with van der Waals surface area (Å²) < 4.78 is 0. The van der Waals surface area contributed by atoms with E-state index in [4.69, 9.17) is 4.89 Å². The Morgan fingerprint density at radius 2 is 1.10 bits per heavy atom. The van der Waals surface area contributed by atoms with Crippen LogP contribution < -0.4 is 0 Å². The molecule has 0 atom stereocenters. The van der Waals surface area contributed by atoms with Crippen molar-refractivity contribution in [2.24, 2.45) is 0 Å². The largest absolute Gasteiger partial charge is 0.240 e. The van der Waals surface area contributed by atoms with Gasteiger partial charge in [0.2, 0.25) is 0 Å². The molecule has 0 saturated heterocycles. The highest BCUT2D eigenvalue weighted by atomic mass is 17.2. The average Bonchev–Trinajstić information content (AvgIpc) is 2.50. The molecule has 0 aromatic carbocycles. The van der Waals surface area contributed by atoms with Gasteiger partial charge in [0, 0.05) is 0 Å². The van der Waals surface area contributed by atoms with Crippen molar-refractivity contribution in [3.63, 3.8) is 0 Å². The Morgan fingerprint density at radius 3 is 1.62 bits per heavy atom. The van der Waals surface area contributed by atoms with Crippen molar-refractivity contribution in [3.05, 3.63) is 24.3 Å². The third-order valence-corrected chi connectivity index (χ3v) is 3.53. The molecule has 0 unspecified atom stereocenters. The van der Waals surface area contributed by atoms with Gasteiger partial charge in [-0.05, 0) is 38.5 Å². The van der Waals surface area contributed by atoms with Crippen molar-refractivity contribution in [2.75, 3.05) is 13.7 Å². The minimum atomic E-state index is 0.653. The van der Waals surface area contributed by atoms with Crippen molar-refractivity contribution in [1.29, 1.82) is 0 Å². The monoisotopic (exact) mass is 296 g/mol. The fourth-order valence-electron chi connectivity index (χ4n) is 2.22. The van der Waals surface area contributed by atoms with Gasteiger partial charge in [-0.25, -0.2) is 9.78 Å². The molecular weight excluding hydrogens is 260 g/mol. The van der Waals surface area contributed by atoms with Crippen molar-refractivity contribution in [1.82, 2.24) is 0 Å². The summed E-state index contributed by atoms with van der Waals surface area (Å²) >= 11 is 0. The first-order chi connectivity index (χ1) is 10.4. The van der Waals surface area contributed by atoms with Gasteiger partial charge in [0.25, 0.3) is 0 Å². The average molecular weight is 296 g/mol. The molecule has 0 spiro atoms. The highest BCUT2D eigenvalue weighted by Gasteiger charge is 1.90. The zero-order valence-corrected chi connectivity index (χ0v) is 14.3. The normalized spacial score (nSPS) is 11.9. The van der Waals surface area contributed by atoms with Crippen LogP contribution in [0.4, 0.5) is 0 Å². The van der Waals surface area contributed by atoms with Gasteiger partial charge in [-0.1, -0.05) is 69.8 Å². The molecule has 0 N–H and O–H groups in total. The van der Waals surface area contributed by atoms with Gasteiger partial charge >= 0.3 is 0 Å². The third kappa shape index (κ3) is 19.4. The van der Waals surface area contributed by atoms with Crippen LogP contribution in [0.15, 0.2) is 24.3 Å². The van der Waals surface area contributed by atoms with Gasteiger partial charge in [-0.3, -0.25) is 0 Å². The summed E-state index contributed by atoms with van der Waals surface area (Å²) in [4.78, 5) is 9.32. The summed E-state index contributed by atoms with van der Waals surface area (Å²) in [5.41, 5.74) is 0. The van der Waals surface area contributed by atoms with E-state index in [-0.39, 0.29) is 0 Å². The van der Waals surface area contributed by atoms with Crippen molar-refractivity contribution < 1.29 is 9.78 Å². The van der Waals surface area contributed by atoms with E-state index in [1.54, 1.807) is 7.11 Å². The van der Waals surface area contributed by atoms with Gasteiger partial charge in [-0.2, -0.15) is 0 Å². The molecule has 0 aromatic heterocycles. The fraction of sp³-hybridized carbons (Fsp3) is 0.789. The van der Waals surface area contributed by atoms with E-state index in [0.29, 0.717) is 6.61 Å². The summed E-state index contributed by atoms with van der Waals surface area (Å²) in [5.74, 6) is 0. The number of rotatable bonds is 16. The standard InChI is InChI=1S/C19H36O2/c1-3-4-5-6-7-8-9-10-11-12-13-14-15-16-17-18-19-21-20-2/h6-7,16-17H,3-5,8-15,18-19H2,1-2H3/b7-6+,17-16+. The van der Waals surface area contributed by atoms with Crippen LogP contribution in [-0.2, 0) is 9.78 Å². The van der Waals surface area contributed by atoms with Crippen LogP contribution in [0.5, 0.6) is 0 Å². The Balaban J connectivity index is 3.07. The first-order valence-corrected chi connectivity index (χ1v) is 8.87. The Kier molecular flexibility index (Phi) is 18.8. The molecule has 0 aliphatic carbocycles. The first kappa shape index (κ1) is 20.4. The molecule has 0 heterocycles. The lowest BCUT2D eigenvalue weighted by atomic mass is 10.1. The number of hydrogen-bond donors (Lipinski definition) is 0. The maximum absolute atomic E-state index is 4.80. The molecule has 124 valence electrons. The summed E-state index contributed by atoms with van der Waals surface area (Å²) in [6.07, 6.45) is 24.7. The summed E-state index contributed by atoms with van der Waals surface area (Å²) in [6.45, 7) is 2.90. The van der Waals surface area contributed by atoms with Crippen LogP contribution in [0.1, 0.15) is 84.0 Å². The second-order valence-corrected chi connectivity index (χ2v) is 5.56. The number of allylic oxidation sites excluding steroid dienone is 3. The lowest BCUT2D eigenvalue weighted by molar-refractivity contribution is -0.271. The van der Waals surface area contributed by atoms with Crippen LogP contribution >= 0.6 is 0 Å². The maximum Gasteiger partial charge on any atom is 0.0856 e. The molecule has 0 aliphatic rings. The molecule has 0 amide bonds. The Labute approximate surface area is 132 Å². The fourth-order valence-corrected chi connectivity index (χ4v) is 2.22. The second-order valence-electron chi connectivity index (χ2n) is 5.56. The minimum absolute atomic E-state index is 0.653. The summed E-state index contributed by atoms with van der Waals surface area (Å²) in [6, 6.07) is 0. The van der Waals surface area contributed by atoms with Crippen LogP contribution in [-0.4, -0.2) is 13.7 Å². The van der Waals surface area contributed by atoms with Gasteiger partial charge in [0.05, 0.1) is 13.7 Å². The van der Waals surface area contributed by atoms with Gasteiger partial charge in [0.1, 0.15) is 0 Å². The molecule has 0 saturated carbocycles. The van der Waals surface area contributed by atoms with E-state index in [0.717, 1.165) is 6.42 Å². The minimum Gasteiger partial charge on any atom is -0.240 e. The molecule has 2 heteroatoms. The molecule has 0 rings (SSSR count). The van der Waals surface area contributed by atoms with Crippen molar-refractivity contribution >= 4 is 0 Å². The smallest absolute Gasteiger partial charge is 0.0856 e. The molecule has 2 nitrogen and oxygen atoms in total. The van der Waals surface area contributed by atoms with Crippen LogP contribution in [0, 0.1) is 0 Å². The van der Waals surface area contributed by atoms with Crippen LogP contribution in [0.25, 0.3) is 0 Å². The zero-order chi connectivity index (χ0) is 15.4. The highest BCUT2D eigenvalue weighted by Crippen LogP contribution is 2.09. The Hall–Kier alpha value is -0.600. The molecule has 21 heavy (non-hydrogen) atoms. The van der Waals surface area contributed by atoms with E-state index in [1.807, 2.05) is 0 Å². The molecule has 0 bridgehead atoms. The predicted molar refractivity (Wildman–Crippen MR) is 92.3 cm³/mol. The third-order valence-electron chi connectivity index (χ3n) is 3.53. The van der Waals surface area contributed by atoms with Gasteiger partial charge < -0.3 is 0 Å². The van der Waals surface area contributed by atoms with Crippen molar-refractivity contribution in [2.45, 2.75) is 84.0 Å². The summed E-state index contributed by atoms with van der Waals surface area (Å²) in [7, 11) is 1.55. The molecule has 0 radical (unpaired) electrons. The van der Waals surface area contributed by atoms with E-state index in [9.17, 15) is 0 Å². The maximum atomic E-state index is 4.80. The predicted octanol–water partition coefficient (Wildman–Crippen LogP) is 6.38. The van der Waals surface area contributed by atoms with Crippen LogP contribution in [0.3, 0.4) is 0 Å². The quantitative estimate of drug-likeness (QED) is 0.142. The second kappa shape index (κ2) is 19.4. The molecule has 0 aromatic rings. The first-order valence-electron chi connectivity index (χ1n) is 8.87. The topological polar surface area (TPSA) is 18.5 Å². The highest BCUT2D eigenvalue weighted by molar-refractivity contribution is 4.81. The number of unbranched alkanes of at least 4 members (excludes halogenated alkanes) is 9. The van der Waals surface area contributed by atoms with E-state index in [2.05, 4.69) is 36.1 Å². The number of hydrogen-bond acceptors (Lipinski definition) is 2. The molecular formula is C19H36O2. The summed E-state index contributed by atoms with van der Waals surface area (Å²) in [5, 5.41) is 0. The van der Waals surface area contributed by atoms with Crippen LogP contribution in [0.2, 0.25) is 0 Å². The zero-order valence-electron chi connectivity index (χ0n) is 14.3. The lowest BCUT2D eigenvalue weighted by Gasteiger charge is -1.99. The Morgan fingerprint density at radius 1 is 0.619 bits per heavy atom. The lowest BCUT2D eigenvalue weighted by Crippen LogP contribution is -1.89. The van der Waals surface area contributed by atoms with E-state index >= 15 is 0 Å². The van der Waals surface area contributed by atoms with E-state index in [1.165, 1.54) is 70.6 Å². The van der Waals surface area contributed by atoms with E-state index < -0.39 is 0 Å². The van der Waals surface area contributed by atoms with Crippen molar-refractivity contribution in [3.8, 4) is 0 Å².